The van der Waals surface area contributed by atoms with Crippen LogP contribution in [0.25, 0.3) is 0 Å². The lowest BCUT2D eigenvalue weighted by Gasteiger charge is -2.24. The molecular formula is C15H28N4. The minimum absolute atomic E-state index is 0.565. The van der Waals surface area contributed by atoms with Gasteiger partial charge in [-0.05, 0) is 37.6 Å². The molecule has 4 nitrogen and oxygen atoms in total. The second kappa shape index (κ2) is 7.04. The van der Waals surface area contributed by atoms with Crippen molar-refractivity contribution < 1.29 is 0 Å². The summed E-state index contributed by atoms with van der Waals surface area (Å²) in [5.74, 6) is 2.84. The standard InChI is InChI=1S/C15H28N4/c1-4-8-19-15(17-11-18-19)10-14(16-5-2)13-7-6-12(3)9-13/h11-14,16H,4-10H2,1-3H3. The third kappa shape index (κ3) is 3.78. The number of hydrogen-bond donors (Lipinski definition) is 1. The summed E-state index contributed by atoms with van der Waals surface area (Å²) in [7, 11) is 0. The van der Waals surface area contributed by atoms with E-state index in [0.29, 0.717) is 6.04 Å². The Hall–Kier alpha value is -0.900. The van der Waals surface area contributed by atoms with Gasteiger partial charge in [0.1, 0.15) is 12.2 Å². The monoisotopic (exact) mass is 264 g/mol. The van der Waals surface area contributed by atoms with Crippen molar-refractivity contribution in [1.29, 1.82) is 0 Å². The summed E-state index contributed by atoms with van der Waals surface area (Å²) in [5, 5.41) is 8.01. The van der Waals surface area contributed by atoms with Crippen molar-refractivity contribution >= 4 is 0 Å². The largest absolute Gasteiger partial charge is 0.314 e. The Kier molecular flexibility index (Phi) is 5.37. The highest BCUT2D eigenvalue weighted by Crippen LogP contribution is 2.33. The molecule has 1 aromatic rings. The molecule has 1 aliphatic carbocycles. The molecule has 19 heavy (non-hydrogen) atoms. The summed E-state index contributed by atoms with van der Waals surface area (Å²) >= 11 is 0. The molecular weight excluding hydrogens is 236 g/mol. The SMILES string of the molecule is CCCn1ncnc1CC(NCC)C1CCC(C)C1. The van der Waals surface area contributed by atoms with Gasteiger partial charge in [-0.3, -0.25) is 4.68 Å². The Labute approximate surface area is 117 Å². The molecule has 1 saturated carbocycles. The maximum Gasteiger partial charge on any atom is 0.138 e. The molecule has 1 fully saturated rings. The zero-order chi connectivity index (χ0) is 13.7. The molecule has 2 rings (SSSR count). The summed E-state index contributed by atoms with van der Waals surface area (Å²) in [4.78, 5) is 4.46. The first-order chi connectivity index (χ1) is 9.24. The average molecular weight is 264 g/mol. The van der Waals surface area contributed by atoms with E-state index in [2.05, 4.69) is 40.9 Å². The second-order valence-corrected chi connectivity index (χ2v) is 5.95. The molecule has 3 unspecified atom stereocenters. The van der Waals surface area contributed by atoms with Crippen LogP contribution in [-0.4, -0.2) is 27.4 Å². The first-order valence-electron chi connectivity index (χ1n) is 7.84. The second-order valence-electron chi connectivity index (χ2n) is 5.95. The normalized spacial score (nSPS) is 24.8. The summed E-state index contributed by atoms with van der Waals surface area (Å²) in [6.07, 6.45) is 7.94. The van der Waals surface area contributed by atoms with Crippen molar-refractivity contribution in [3.05, 3.63) is 12.2 Å². The van der Waals surface area contributed by atoms with Crippen LogP contribution in [0.1, 0.15) is 52.3 Å². The van der Waals surface area contributed by atoms with Crippen LogP contribution in [0, 0.1) is 11.8 Å². The van der Waals surface area contributed by atoms with E-state index in [1.54, 1.807) is 6.33 Å². The third-order valence-electron chi connectivity index (χ3n) is 4.30. The lowest BCUT2D eigenvalue weighted by Crippen LogP contribution is -2.38. The van der Waals surface area contributed by atoms with E-state index >= 15 is 0 Å². The number of aryl methyl sites for hydroxylation is 1. The maximum atomic E-state index is 4.46. The van der Waals surface area contributed by atoms with E-state index in [0.717, 1.165) is 43.6 Å². The smallest absolute Gasteiger partial charge is 0.138 e. The average Bonchev–Trinajstić information content (AvgIpc) is 2.99. The highest BCUT2D eigenvalue weighted by Gasteiger charge is 2.29. The van der Waals surface area contributed by atoms with Gasteiger partial charge >= 0.3 is 0 Å². The molecule has 1 N–H and O–H groups in total. The van der Waals surface area contributed by atoms with Crippen molar-refractivity contribution in [1.82, 2.24) is 20.1 Å². The van der Waals surface area contributed by atoms with Crippen molar-refractivity contribution in [2.45, 2.75) is 65.5 Å². The Morgan fingerprint density at radius 2 is 2.26 bits per heavy atom. The van der Waals surface area contributed by atoms with E-state index in [4.69, 9.17) is 0 Å². The van der Waals surface area contributed by atoms with E-state index in [1.807, 2.05) is 0 Å². The van der Waals surface area contributed by atoms with Crippen LogP contribution in [-0.2, 0) is 13.0 Å². The molecule has 0 radical (unpaired) electrons. The van der Waals surface area contributed by atoms with Crippen LogP contribution in [0.3, 0.4) is 0 Å². The number of nitrogens with zero attached hydrogens (tertiary/aromatic N) is 3. The molecule has 4 heteroatoms. The molecule has 0 bridgehead atoms. The molecule has 0 spiro atoms. The van der Waals surface area contributed by atoms with Crippen LogP contribution in [0.2, 0.25) is 0 Å². The van der Waals surface area contributed by atoms with E-state index in [1.165, 1.54) is 19.3 Å². The van der Waals surface area contributed by atoms with E-state index in [9.17, 15) is 0 Å². The molecule has 0 aliphatic heterocycles. The topological polar surface area (TPSA) is 42.7 Å². The van der Waals surface area contributed by atoms with Gasteiger partial charge in [-0.15, -0.1) is 0 Å². The molecule has 0 saturated heterocycles. The van der Waals surface area contributed by atoms with Crippen LogP contribution < -0.4 is 5.32 Å². The van der Waals surface area contributed by atoms with Gasteiger partial charge in [0.05, 0.1) is 0 Å². The van der Waals surface area contributed by atoms with Crippen LogP contribution >= 0.6 is 0 Å². The van der Waals surface area contributed by atoms with Crippen LogP contribution in [0.4, 0.5) is 0 Å². The zero-order valence-electron chi connectivity index (χ0n) is 12.6. The number of nitrogens with one attached hydrogen (secondary N) is 1. The number of rotatable bonds is 7. The van der Waals surface area contributed by atoms with E-state index < -0.39 is 0 Å². The number of hydrogen-bond acceptors (Lipinski definition) is 3. The first kappa shape index (κ1) is 14.5. The predicted molar refractivity (Wildman–Crippen MR) is 78.0 cm³/mol. The van der Waals surface area contributed by atoms with Crippen LogP contribution in [0.5, 0.6) is 0 Å². The molecule has 1 heterocycles. The minimum atomic E-state index is 0.565. The van der Waals surface area contributed by atoms with E-state index in [-0.39, 0.29) is 0 Å². The van der Waals surface area contributed by atoms with Gasteiger partial charge in [-0.1, -0.05) is 27.2 Å². The van der Waals surface area contributed by atoms with Crippen molar-refractivity contribution in [2.24, 2.45) is 11.8 Å². The predicted octanol–water partition coefficient (Wildman–Crippen LogP) is 2.64. The fraction of sp³-hybridized carbons (Fsp3) is 0.867. The Morgan fingerprint density at radius 1 is 1.42 bits per heavy atom. The fourth-order valence-electron chi connectivity index (χ4n) is 3.33. The Balaban J connectivity index is 2.01. The molecule has 1 aliphatic rings. The highest BCUT2D eigenvalue weighted by atomic mass is 15.3. The summed E-state index contributed by atoms with van der Waals surface area (Å²) in [6.45, 7) is 8.78. The molecule has 1 aromatic heterocycles. The summed E-state index contributed by atoms with van der Waals surface area (Å²) in [5.41, 5.74) is 0. The fourth-order valence-corrected chi connectivity index (χ4v) is 3.33. The molecule has 0 amide bonds. The van der Waals surface area contributed by atoms with Crippen molar-refractivity contribution in [3.63, 3.8) is 0 Å². The number of aromatic nitrogens is 3. The third-order valence-corrected chi connectivity index (χ3v) is 4.30. The zero-order valence-corrected chi connectivity index (χ0v) is 12.6. The molecule has 108 valence electrons. The van der Waals surface area contributed by atoms with Gasteiger partial charge < -0.3 is 5.32 Å². The molecule has 3 atom stereocenters. The van der Waals surface area contributed by atoms with Gasteiger partial charge in [0.25, 0.3) is 0 Å². The van der Waals surface area contributed by atoms with Crippen LogP contribution in [0.15, 0.2) is 6.33 Å². The Bertz CT molecular complexity index is 374. The van der Waals surface area contributed by atoms with Gasteiger partial charge in [0.15, 0.2) is 0 Å². The quantitative estimate of drug-likeness (QED) is 0.823. The van der Waals surface area contributed by atoms with Gasteiger partial charge in [-0.25, -0.2) is 4.98 Å². The van der Waals surface area contributed by atoms with Crippen molar-refractivity contribution in [2.75, 3.05) is 6.54 Å². The van der Waals surface area contributed by atoms with Gasteiger partial charge in [0.2, 0.25) is 0 Å². The summed E-state index contributed by atoms with van der Waals surface area (Å²) < 4.78 is 2.07. The maximum absolute atomic E-state index is 4.46. The number of likely N-dealkylation sites (N-methyl/N-ethyl adjacent to an activating group) is 1. The van der Waals surface area contributed by atoms with Gasteiger partial charge in [-0.2, -0.15) is 5.10 Å². The first-order valence-corrected chi connectivity index (χ1v) is 7.84. The molecule has 0 aromatic carbocycles. The summed E-state index contributed by atoms with van der Waals surface area (Å²) in [6, 6.07) is 0.565. The lowest BCUT2D eigenvalue weighted by molar-refractivity contribution is 0.344. The van der Waals surface area contributed by atoms with Gasteiger partial charge in [0, 0.05) is 19.0 Å². The van der Waals surface area contributed by atoms with Crippen molar-refractivity contribution in [3.8, 4) is 0 Å². The minimum Gasteiger partial charge on any atom is -0.314 e. The highest BCUT2D eigenvalue weighted by molar-refractivity contribution is 4.94. The Morgan fingerprint density at radius 3 is 2.89 bits per heavy atom. The lowest BCUT2D eigenvalue weighted by atomic mass is 9.94.